The zero-order valence-electron chi connectivity index (χ0n) is 13.8. The third-order valence-electron chi connectivity index (χ3n) is 4.39. The van der Waals surface area contributed by atoms with Crippen LogP contribution in [0.25, 0.3) is 0 Å². The minimum atomic E-state index is -4.54. The van der Waals surface area contributed by atoms with Crippen molar-refractivity contribution in [3.63, 3.8) is 0 Å². The molecule has 0 radical (unpaired) electrons. The molecule has 0 aliphatic carbocycles. The van der Waals surface area contributed by atoms with Crippen LogP contribution in [-0.4, -0.2) is 29.7 Å². The number of rotatable bonds is 4. The highest BCUT2D eigenvalue weighted by molar-refractivity contribution is 14.1. The monoisotopic (exact) mass is 513 g/mol. The van der Waals surface area contributed by atoms with Crippen LogP contribution >= 0.6 is 22.6 Å². The standard InChI is InChI=1S/C16H15F3IN3O3S/c17-16(18,19)11-1-3-12(4-2-11)27(25,26)23-6-5-22-8-10(7-20)14(15(21)24)13(22)9-23/h1-4,8H,5-7,9H2,(H2,21,24). The molecule has 2 heterocycles. The quantitative estimate of drug-likeness (QED) is 0.504. The number of alkyl halides is 4. The third-order valence-corrected chi connectivity index (χ3v) is 7.08. The van der Waals surface area contributed by atoms with Crippen molar-refractivity contribution in [1.29, 1.82) is 0 Å². The number of carbonyl (C=O) groups excluding carboxylic acids is 1. The zero-order valence-corrected chi connectivity index (χ0v) is 16.8. The van der Waals surface area contributed by atoms with Gasteiger partial charge in [0.2, 0.25) is 10.0 Å². The second kappa shape index (κ2) is 7.09. The van der Waals surface area contributed by atoms with Crippen LogP contribution in [0.4, 0.5) is 13.2 Å². The first-order valence-corrected chi connectivity index (χ1v) is 10.8. The van der Waals surface area contributed by atoms with Crippen molar-refractivity contribution in [2.45, 2.75) is 28.6 Å². The van der Waals surface area contributed by atoms with Gasteiger partial charge in [0.15, 0.2) is 0 Å². The van der Waals surface area contributed by atoms with E-state index < -0.39 is 27.7 Å². The van der Waals surface area contributed by atoms with Gasteiger partial charge in [0, 0.05) is 29.4 Å². The van der Waals surface area contributed by atoms with Crippen molar-refractivity contribution in [3.8, 4) is 0 Å². The number of aromatic nitrogens is 1. The van der Waals surface area contributed by atoms with Crippen molar-refractivity contribution in [1.82, 2.24) is 8.87 Å². The van der Waals surface area contributed by atoms with E-state index in [0.717, 1.165) is 34.1 Å². The SMILES string of the molecule is NC(=O)c1c(CI)cn2c1CN(S(=O)(=O)c1ccc(C(F)(F)F)cc1)CC2. The van der Waals surface area contributed by atoms with E-state index in [0.29, 0.717) is 22.2 Å². The lowest BCUT2D eigenvalue weighted by molar-refractivity contribution is -0.137. The minimum absolute atomic E-state index is 0.0712. The summed E-state index contributed by atoms with van der Waals surface area (Å²) in [6.07, 6.45) is -2.76. The van der Waals surface area contributed by atoms with Gasteiger partial charge in [-0.2, -0.15) is 17.5 Å². The van der Waals surface area contributed by atoms with E-state index in [1.54, 1.807) is 10.8 Å². The van der Waals surface area contributed by atoms with Crippen LogP contribution < -0.4 is 5.73 Å². The van der Waals surface area contributed by atoms with Crippen LogP contribution in [-0.2, 0) is 33.7 Å². The number of carbonyl (C=O) groups is 1. The highest BCUT2D eigenvalue weighted by Crippen LogP contribution is 2.31. The van der Waals surface area contributed by atoms with Crippen molar-refractivity contribution < 1.29 is 26.4 Å². The van der Waals surface area contributed by atoms with Gasteiger partial charge in [-0.25, -0.2) is 8.42 Å². The number of fused-ring (bicyclic) bond motifs is 1. The van der Waals surface area contributed by atoms with Crippen LogP contribution in [0.15, 0.2) is 35.4 Å². The van der Waals surface area contributed by atoms with E-state index in [2.05, 4.69) is 22.6 Å². The number of hydrogen-bond donors (Lipinski definition) is 1. The Balaban J connectivity index is 1.94. The van der Waals surface area contributed by atoms with Gasteiger partial charge in [-0.05, 0) is 29.8 Å². The maximum Gasteiger partial charge on any atom is 0.416 e. The van der Waals surface area contributed by atoms with Crippen LogP contribution in [0.5, 0.6) is 0 Å². The number of sulfonamides is 1. The fourth-order valence-corrected chi connectivity index (χ4v) is 5.04. The number of nitrogens with two attached hydrogens (primary N) is 1. The molecule has 0 atom stereocenters. The predicted octanol–water partition coefficient (Wildman–Crippen LogP) is 2.75. The van der Waals surface area contributed by atoms with Gasteiger partial charge < -0.3 is 10.3 Å². The van der Waals surface area contributed by atoms with E-state index in [1.807, 2.05) is 0 Å². The summed E-state index contributed by atoms with van der Waals surface area (Å²) in [5, 5.41) is 0. The van der Waals surface area contributed by atoms with Gasteiger partial charge in [-0.3, -0.25) is 4.79 Å². The molecule has 1 amide bonds. The van der Waals surface area contributed by atoms with Gasteiger partial charge in [0.25, 0.3) is 5.91 Å². The second-order valence-corrected chi connectivity index (χ2v) is 8.73. The molecule has 0 spiro atoms. The summed E-state index contributed by atoms with van der Waals surface area (Å²) in [4.78, 5) is 11.6. The Labute approximate surface area is 167 Å². The number of benzene rings is 1. The summed E-state index contributed by atoms with van der Waals surface area (Å²) in [5.41, 5.74) is 6.06. The Kier molecular flexibility index (Phi) is 5.29. The molecule has 1 aromatic heterocycles. The molecule has 0 fully saturated rings. The molecule has 11 heteroatoms. The average Bonchev–Trinajstić information content (AvgIpc) is 2.99. The summed E-state index contributed by atoms with van der Waals surface area (Å²) >= 11 is 2.09. The van der Waals surface area contributed by atoms with E-state index >= 15 is 0 Å². The Morgan fingerprint density at radius 3 is 2.33 bits per heavy atom. The molecule has 0 unspecified atom stereocenters. The fourth-order valence-electron chi connectivity index (χ4n) is 3.07. The van der Waals surface area contributed by atoms with Crippen molar-refractivity contribution in [3.05, 3.63) is 52.8 Å². The summed E-state index contributed by atoms with van der Waals surface area (Å²) in [5.74, 6) is -0.635. The Morgan fingerprint density at radius 2 is 1.81 bits per heavy atom. The van der Waals surface area contributed by atoms with Gasteiger partial charge in [-0.1, -0.05) is 22.6 Å². The third kappa shape index (κ3) is 3.72. The fraction of sp³-hybridized carbons (Fsp3) is 0.312. The Hall–Kier alpha value is -1.60. The van der Waals surface area contributed by atoms with Gasteiger partial charge in [0.1, 0.15) is 0 Å². The maximum atomic E-state index is 12.8. The molecule has 0 bridgehead atoms. The molecule has 2 N–H and O–H groups in total. The van der Waals surface area contributed by atoms with Crippen LogP contribution in [0.3, 0.4) is 0 Å². The molecule has 0 saturated heterocycles. The second-order valence-electron chi connectivity index (χ2n) is 6.03. The van der Waals surface area contributed by atoms with Gasteiger partial charge >= 0.3 is 6.18 Å². The van der Waals surface area contributed by atoms with E-state index in [9.17, 15) is 26.4 Å². The van der Waals surface area contributed by atoms with Crippen molar-refractivity contribution in [2.75, 3.05) is 6.54 Å². The summed E-state index contributed by atoms with van der Waals surface area (Å²) in [7, 11) is -4.01. The topological polar surface area (TPSA) is 85.4 Å². The Bertz CT molecular complexity index is 985. The molecule has 0 saturated carbocycles. The first-order chi connectivity index (χ1) is 12.6. The molecule has 3 rings (SSSR count). The first kappa shape index (κ1) is 20.1. The normalized spacial score (nSPS) is 15.6. The van der Waals surface area contributed by atoms with Crippen LogP contribution in [0, 0.1) is 0 Å². The van der Waals surface area contributed by atoms with Gasteiger partial charge in [0.05, 0.1) is 22.6 Å². The molecule has 1 aliphatic heterocycles. The van der Waals surface area contributed by atoms with Gasteiger partial charge in [-0.15, -0.1) is 0 Å². The number of halogens is 4. The van der Waals surface area contributed by atoms with E-state index in [-0.39, 0.29) is 18.0 Å². The molecular formula is C16H15F3IN3O3S. The van der Waals surface area contributed by atoms with Crippen LogP contribution in [0.1, 0.15) is 27.2 Å². The lowest BCUT2D eigenvalue weighted by Gasteiger charge is -2.28. The maximum absolute atomic E-state index is 12.8. The molecule has 1 aromatic carbocycles. The average molecular weight is 513 g/mol. The van der Waals surface area contributed by atoms with Crippen molar-refractivity contribution in [2.24, 2.45) is 5.73 Å². The molecule has 2 aromatic rings. The lowest BCUT2D eigenvalue weighted by Crippen LogP contribution is -2.38. The Morgan fingerprint density at radius 1 is 1.19 bits per heavy atom. The largest absolute Gasteiger partial charge is 0.416 e. The summed E-state index contributed by atoms with van der Waals surface area (Å²) in [6, 6.07) is 3.36. The molecule has 1 aliphatic rings. The smallest absolute Gasteiger partial charge is 0.366 e. The molecule has 27 heavy (non-hydrogen) atoms. The predicted molar refractivity (Wildman–Crippen MR) is 99.7 cm³/mol. The van der Waals surface area contributed by atoms with E-state index in [1.165, 1.54) is 0 Å². The number of amides is 1. The summed E-state index contributed by atoms with van der Waals surface area (Å²) < 4.78 is 67.2. The molecule has 146 valence electrons. The number of primary amides is 1. The zero-order chi connectivity index (χ0) is 20.0. The first-order valence-electron chi connectivity index (χ1n) is 7.79. The highest BCUT2D eigenvalue weighted by Gasteiger charge is 2.34. The minimum Gasteiger partial charge on any atom is -0.366 e. The number of hydrogen-bond acceptors (Lipinski definition) is 3. The molecule has 6 nitrogen and oxygen atoms in total. The van der Waals surface area contributed by atoms with Crippen molar-refractivity contribution >= 4 is 38.5 Å². The number of nitrogens with zero attached hydrogens (tertiary/aromatic N) is 2. The highest BCUT2D eigenvalue weighted by atomic mass is 127. The molecular weight excluding hydrogens is 498 g/mol. The summed E-state index contributed by atoms with van der Waals surface area (Å²) in [6.45, 7) is 0.397. The lowest BCUT2D eigenvalue weighted by atomic mass is 10.1. The van der Waals surface area contributed by atoms with E-state index in [4.69, 9.17) is 5.73 Å². The van der Waals surface area contributed by atoms with Crippen LogP contribution in [0.2, 0.25) is 0 Å².